The quantitative estimate of drug-likeness (QED) is 0.705. The molecule has 5 nitrogen and oxygen atoms in total. The summed E-state index contributed by atoms with van der Waals surface area (Å²) in [5, 5.41) is 3.96. The zero-order chi connectivity index (χ0) is 19.0. The Kier molecular flexibility index (Phi) is 4.46. The second-order valence-corrected chi connectivity index (χ2v) is 6.77. The summed E-state index contributed by atoms with van der Waals surface area (Å²) in [6.45, 7) is 2.01. The lowest BCUT2D eigenvalue weighted by molar-refractivity contribution is 0.0993. The van der Waals surface area contributed by atoms with Crippen molar-refractivity contribution in [3.05, 3.63) is 82.6 Å². The van der Waals surface area contributed by atoms with Crippen molar-refractivity contribution in [1.29, 1.82) is 0 Å². The number of nitrogens with one attached hydrogen (secondary N) is 1. The van der Waals surface area contributed by atoms with Crippen molar-refractivity contribution >= 4 is 28.9 Å². The number of hydrogen-bond donors (Lipinski definition) is 1. The molecule has 2 heterocycles. The van der Waals surface area contributed by atoms with E-state index in [0.717, 1.165) is 11.3 Å². The number of anilines is 2. The van der Waals surface area contributed by atoms with Crippen molar-refractivity contribution in [2.75, 3.05) is 17.3 Å². The monoisotopic (exact) mass is 379 g/mol. The number of aromatic nitrogens is 1. The van der Waals surface area contributed by atoms with Gasteiger partial charge in [-0.05, 0) is 49.4 Å². The van der Waals surface area contributed by atoms with Gasteiger partial charge < -0.3 is 10.1 Å². The molecule has 0 unspecified atom stereocenters. The summed E-state index contributed by atoms with van der Waals surface area (Å²) < 4.78 is 5.44. The number of rotatable bonds is 4. The molecule has 3 aromatic rings. The largest absolute Gasteiger partial charge is 0.495 e. The van der Waals surface area contributed by atoms with Gasteiger partial charge in [0.05, 0.1) is 24.1 Å². The number of carbonyl (C=O) groups excluding carboxylic acids is 1. The van der Waals surface area contributed by atoms with Gasteiger partial charge in [0, 0.05) is 16.9 Å². The van der Waals surface area contributed by atoms with Crippen molar-refractivity contribution in [1.82, 2.24) is 4.98 Å². The van der Waals surface area contributed by atoms with E-state index < -0.39 is 6.17 Å². The fourth-order valence-corrected chi connectivity index (χ4v) is 3.40. The highest BCUT2D eigenvalue weighted by Crippen LogP contribution is 2.39. The second-order valence-electron chi connectivity index (χ2n) is 6.34. The van der Waals surface area contributed by atoms with Crippen LogP contribution in [-0.4, -0.2) is 18.0 Å². The maximum atomic E-state index is 13.1. The molecule has 2 aromatic carbocycles. The number of carbonyl (C=O) groups is 1. The van der Waals surface area contributed by atoms with E-state index in [1.54, 1.807) is 48.5 Å². The number of hydrogen-bond acceptors (Lipinski definition) is 4. The minimum Gasteiger partial charge on any atom is -0.495 e. The van der Waals surface area contributed by atoms with Crippen molar-refractivity contribution in [3.8, 4) is 5.75 Å². The Balaban J connectivity index is 1.80. The van der Waals surface area contributed by atoms with Gasteiger partial charge in [-0.15, -0.1) is 0 Å². The van der Waals surface area contributed by atoms with Gasteiger partial charge in [0.15, 0.2) is 6.17 Å². The molecular weight excluding hydrogens is 362 g/mol. The van der Waals surface area contributed by atoms with Crippen LogP contribution in [-0.2, 0) is 0 Å². The summed E-state index contributed by atoms with van der Waals surface area (Å²) in [6, 6.07) is 16.7. The van der Waals surface area contributed by atoms with Gasteiger partial charge in [0.1, 0.15) is 5.75 Å². The summed E-state index contributed by atoms with van der Waals surface area (Å²) in [5.74, 6) is 0.542. The lowest BCUT2D eigenvalue weighted by atomic mass is 10.2. The number of amides is 1. The highest BCUT2D eigenvalue weighted by Gasteiger charge is 2.39. The Morgan fingerprint density at radius 3 is 2.67 bits per heavy atom. The molecule has 1 aromatic heterocycles. The molecule has 1 aliphatic heterocycles. The summed E-state index contributed by atoms with van der Waals surface area (Å²) in [4.78, 5) is 19.3. The van der Waals surface area contributed by atoms with Crippen molar-refractivity contribution in [2.24, 2.45) is 0 Å². The van der Waals surface area contributed by atoms with Crippen LogP contribution < -0.4 is 15.0 Å². The third kappa shape index (κ3) is 3.11. The Bertz CT molecular complexity index is 1000. The molecule has 0 bridgehead atoms. The molecule has 1 aliphatic rings. The standard InChI is InChI=1S/C21H18ClN3O2/c1-13-5-8-15(9-6-13)25-20(19-16(21(25)26)4-3-11-23-19)24-17-12-14(22)7-10-18(17)27-2/h3-12,20,24H,1-2H3/t20-/m0/s1. The maximum Gasteiger partial charge on any atom is 0.262 e. The molecule has 6 heteroatoms. The first kappa shape index (κ1) is 17.4. The SMILES string of the molecule is COc1ccc(Cl)cc1N[C@@H]1c2ncccc2C(=O)N1c1ccc(C)cc1. The zero-order valence-electron chi connectivity index (χ0n) is 14.9. The molecule has 0 spiro atoms. The molecule has 0 radical (unpaired) electrons. The lowest BCUT2D eigenvalue weighted by Crippen LogP contribution is -2.32. The fraction of sp³-hybridized carbons (Fsp3) is 0.143. The van der Waals surface area contributed by atoms with E-state index in [9.17, 15) is 4.79 Å². The summed E-state index contributed by atoms with van der Waals surface area (Å²) in [5.41, 5.74) is 3.87. The van der Waals surface area contributed by atoms with Crippen LogP contribution in [0.1, 0.15) is 27.8 Å². The average Bonchev–Trinajstić information content (AvgIpc) is 2.95. The predicted molar refractivity (Wildman–Crippen MR) is 107 cm³/mol. The number of nitrogens with zero attached hydrogens (tertiary/aromatic N) is 2. The smallest absolute Gasteiger partial charge is 0.262 e. The van der Waals surface area contributed by atoms with Gasteiger partial charge >= 0.3 is 0 Å². The predicted octanol–water partition coefficient (Wildman–Crippen LogP) is 4.82. The minimum absolute atomic E-state index is 0.0968. The van der Waals surface area contributed by atoms with E-state index in [-0.39, 0.29) is 5.91 Å². The third-order valence-corrected chi connectivity index (χ3v) is 4.81. The highest BCUT2D eigenvalue weighted by molar-refractivity contribution is 6.31. The topological polar surface area (TPSA) is 54.5 Å². The zero-order valence-corrected chi connectivity index (χ0v) is 15.7. The number of pyridine rings is 1. The molecule has 1 atom stereocenters. The third-order valence-electron chi connectivity index (χ3n) is 4.57. The van der Waals surface area contributed by atoms with Crippen molar-refractivity contribution in [2.45, 2.75) is 13.1 Å². The van der Waals surface area contributed by atoms with Crippen LogP contribution in [0.15, 0.2) is 60.8 Å². The number of ether oxygens (including phenoxy) is 1. The van der Waals surface area contributed by atoms with Crippen LogP contribution >= 0.6 is 11.6 Å². The molecule has 0 saturated carbocycles. The number of methoxy groups -OCH3 is 1. The van der Waals surface area contributed by atoms with Crippen LogP contribution in [0.5, 0.6) is 5.75 Å². The molecular formula is C21H18ClN3O2. The van der Waals surface area contributed by atoms with E-state index in [4.69, 9.17) is 16.3 Å². The fourth-order valence-electron chi connectivity index (χ4n) is 3.23. The molecule has 0 saturated heterocycles. The van der Waals surface area contributed by atoms with Gasteiger partial charge in [0.2, 0.25) is 0 Å². The second kappa shape index (κ2) is 6.93. The van der Waals surface area contributed by atoms with Crippen LogP contribution in [0.25, 0.3) is 0 Å². The molecule has 27 heavy (non-hydrogen) atoms. The van der Waals surface area contributed by atoms with E-state index in [1.165, 1.54) is 0 Å². The summed E-state index contributed by atoms with van der Waals surface area (Å²) in [6.07, 6.45) is 1.22. The van der Waals surface area contributed by atoms with E-state index in [0.29, 0.717) is 27.7 Å². The van der Waals surface area contributed by atoms with Crippen LogP contribution in [0.2, 0.25) is 5.02 Å². The molecule has 1 amide bonds. The Morgan fingerprint density at radius 2 is 1.93 bits per heavy atom. The van der Waals surface area contributed by atoms with Gasteiger partial charge in [0.25, 0.3) is 5.91 Å². The van der Waals surface area contributed by atoms with Crippen molar-refractivity contribution < 1.29 is 9.53 Å². The molecule has 4 rings (SSSR count). The molecule has 1 N–H and O–H groups in total. The van der Waals surface area contributed by atoms with Crippen LogP contribution in [0.4, 0.5) is 11.4 Å². The van der Waals surface area contributed by atoms with Crippen LogP contribution in [0.3, 0.4) is 0 Å². The first-order valence-corrected chi connectivity index (χ1v) is 8.91. The van der Waals surface area contributed by atoms with Gasteiger partial charge in [-0.2, -0.15) is 0 Å². The lowest BCUT2D eigenvalue weighted by Gasteiger charge is -2.27. The summed E-state index contributed by atoms with van der Waals surface area (Å²) in [7, 11) is 1.60. The van der Waals surface area contributed by atoms with E-state index >= 15 is 0 Å². The van der Waals surface area contributed by atoms with Gasteiger partial charge in [-0.3, -0.25) is 14.7 Å². The minimum atomic E-state index is -0.469. The number of aryl methyl sites for hydroxylation is 1. The van der Waals surface area contributed by atoms with Gasteiger partial charge in [-0.25, -0.2) is 0 Å². The Hall–Kier alpha value is -3.05. The van der Waals surface area contributed by atoms with E-state index in [2.05, 4.69) is 10.3 Å². The maximum absolute atomic E-state index is 13.1. The molecule has 136 valence electrons. The normalized spacial score (nSPS) is 15.6. The van der Waals surface area contributed by atoms with Gasteiger partial charge in [-0.1, -0.05) is 29.3 Å². The molecule has 0 aliphatic carbocycles. The number of fused-ring (bicyclic) bond motifs is 1. The molecule has 0 fully saturated rings. The van der Waals surface area contributed by atoms with Crippen molar-refractivity contribution in [3.63, 3.8) is 0 Å². The Morgan fingerprint density at radius 1 is 1.15 bits per heavy atom. The highest BCUT2D eigenvalue weighted by atomic mass is 35.5. The average molecular weight is 380 g/mol. The first-order valence-electron chi connectivity index (χ1n) is 8.53. The summed E-state index contributed by atoms with van der Waals surface area (Å²) >= 11 is 6.17. The number of halogens is 1. The number of benzene rings is 2. The van der Waals surface area contributed by atoms with E-state index in [1.807, 2.05) is 31.2 Å². The Labute approximate surface area is 162 Å². The van der Waals surface area contributed by atoms with Crippen LogP contribution in [0, 0.1) is 6.92 Å². The first-order chi connectivity index (χ1) is 13.1.